The number of nitrogens with zero attached hydrogens (tertiary/aromatic N) is 2. The highest BCUT2D eigenvalue weighted by Gasteiger charge is 2.22. The molecule has 1 fully saturated rings. The summed E-state index contributed by atoms with van der Waals surface area (Å²) in [6.07, 6.45) is 4.51. The molecule has 1 aromatic heterocycles. The molecular weight excluding hydrogens is 349 g/mol. The molecule has 2 aromatic rings. The highest BCUT2D eigenvalue weighted by molar-refractivity contribution is 5.90. The topological polar surface area (TPSA) is 87.3 Å². The van der Waals surface area contributed by atoms with E-state index in [0.717, 1.165) is 19.3 Å². The van der Waals surface area contributed by atoms with Crippen molar-refractivity contribution in [2.45, 2.75) is 51.7 Å². The van der Waals surface area contributed by atoms with Crippen LogP contribution < -0.4 is 5.73 Å². The summed E-state index contributed by atoms with van der Waals surface area (Å²) in [5.74, 6) is -1.20. The van der Waals surface area contributed by atoms with E-state index in [4.69, 9.17) is 15.2 Å². The Bertz CT molecular complexity index is 843. The summed E-state index contributed by atoms with van der Waals surface area (Å²) in [6.45, 7) is 5.88. The largest absolute Gasteiger partial charge is 0.456 e. The Morgan fingerprint density at radius 2 is 2.11 bits per heavy atom. The van der Waals surface area contributed by atoms with Gasteiger partial charge in [0.15, 0.2) is 0 Å². The Balaban J connectivity index is 1.84. The number of esters is 1. The van der Waals surface area contributed by atoms with Crippen molar-refractivity contribution < 1.29 is 18.7 Å². The number of nitrogen functional groups attached to an aromatic ring is 1. The number of ether oxygens (including phenoxy) is 2. The second kappa shape index (κ2) is 7.60. The van der Waals surface area contributed by atoms with E-state index in [1.165, 1.54) is 12.1 Å². The molecule has 1 aromatic carbocycles. The van der Waals surface area contributed by atoms with Crippen molar-refractivity contribution in [3.8, 4) is 11.3 Å². The average Bonchev–Trinajstić information content (AvgIpc) is 2.60. The number of halogens is 1. The van der Waals surface area contributed by atoms with Gasteiger partial charge in [-0.25, -0.2) is 14.2 Å². The standard InChI is InChI=1S/C20H24FN3O3/c1-20(2,3)27-19(25)13-8-7-12(10-14(13)21)17-18(22)24-15(11-23-17)16-6-4-5-9-26-16/h7-8,10-11,16H,4-6,9H2,1-3H3,(H2,22,24). The monoisotopic (exact) mass is 373 g/mol. The zero-order chi connectivity index (χ0) is 19.6. The summed E-state index contributed by atoms with van der Waals surface area (Å²) in [6, 6.07) is 4.17. The summed E-state index contributed by atoms with van der Waals surface area (Å²) in [5, 5.41) is 0. The van der Waals surface area contributed by atoms with Gasteiger partial charge in [-0.2, -0.15) is 0 Å². The Labute approximate surface area is 157 Å². The molecule has 7 heteroatoms. The van der Waals surface area contributed by atoms with Crippen molar-refractivity contribution in [1.29, 1.82) is 0 Å². The molecule has 0 saturated carbocycles. The second-order valence-electron chi connectivity index (χ2n) is 7.58. The third-order valence-corrected chi connectivity index (χ3v) is 4.19. The number of carbonyl (C=O) groups excluding carboxylic acids is 1. The molecule has 0 aliphatic carbocycles. The van der Waals surface area contributed by atoms with Crippen molar-refractivity contribution in [2.75, 3.05) is 12.3 Å². The minimum absolute atomic E-state index is 0.103. The van der Waals surface area contributed by atoms with Crippen molar-refractivity contribution in [3.63, 3.8) is 0 Å². The molecule has 0 amide bonds. The molecule has 1 atom stereocenters. The van der Waals surface area contributed by atoms with Gasteiger partial charge in [0.25, 0.3) is 0 Å². The van der Waals surface area contributed by atoms with Gasteiger partial charge in [0, 0.05) is 12.2 Å². The van der Waals surface area contributed by atoms with Gasteiger partial charge in [0.1, 0.15) is 29.0 Å². The van der Waals surface area contributed by atoms with Crippen LogP contribution in [-0.2, 0) is 9.47 Å². The van der Waals surface area contributed by atoms with Crippen molar-refractivity contribution >= 4 is 11.8 Å². The molecule has 1 aliphatic rings. The van der Waals surface area contributed by atoms with Crippen LogP contribution >= 0.6 is 0 Å². The van der Waals surface area contributed by atoms with Crippen LogP contribution in [0, 0.1) is 5.82 Å². The Kier molecular flexibility index (Phi) is 5.41. The minimum atomic E-state index is -0.713. The first-order chi connectivity index (χ1) is 12.7. The number of nitrogens with two attached hydrogens (primary N) is 1. The summed E-state index contributed by atoms with van der Waals surface area (Å²) in [7, 11) is 0. The maximum Gasteiger partial charge on any atom is 0.341 e. The molecule has 27 heavy (non-hydrogen) atoms. The first kappa shape index (κ1) is 19.2. The van der Waals surface area contributed by atoms with Crippen molar-refractivity contribution in [1.82, 2.24) is 9.97 Å². The average molecular weight is 373 g/mol. The van der Waals surface area contributed by atoms with Gasteiger partial charge in [-0.1, -0.05) is 6.07 Å². The lowest BCUT2D eigenvalue weighted by molar-refractivity contribution is 0.00645. The number of benzene rings is 1. The first-order valence-corrected chi connectivity index (χ1v) is 9.02. The molecule has 0 spiro atoms. The van der Waals surface area contributed by atoms with Gasteiger partial charge < -0.3 is 15.2 Å². The van der Waals surface area contributed by atoms with E-state index in [1.54, 1.807) is 33.0 Å². The van der Waals surface area contributed by atoms with Crippen LogP contribution in [-0.4, -0.2) is 28.1 Å². The zero-order valence-electron chi connectivity index (χ0n) is 15.8. The fourth-order valence-electron chi connectivity index (χ4n) is 2.93. The van der Waals surface area contributed by atoms with Gasteiger partial charge in [0.2, 0.25) is 0 Å². The Hall–Kier alpha value is -2.54. The molecule has 0 bridgehead atoms. The normalized spacial score (nSPS) is 17.6. The van der Waals surface area contributed by atoms with E-state index in [1.807, 2.05) is 0 Å². The summed E-state index contributed by atoms with van der Waals surface area (Å²) in [4.78, 5) is 20.8. The number of rotatable bonds is 3. The van der Waals surface area contributed by atoms with Crippen LogP contribution in [0.3, 0.4) is 0 Å². The summed E-state index contributed by atoms with van der Waals surface area (Å²) >= 11 is 0. The number of anilines is 1. The maximum atomic E-state index is 14.5. The number of aromatic nitrogens is 2. The molecular formula is C20H24FN3O3. The predicted molar refractivity (Wildman–Crippen MR) is 99.6 cm³/mol. The van der Waals surface area contributed by atoms with Crippen LogP contribution in [0.4, 0.5) is 10.2 Å². The van der Waals surface area contributed by atoms with Crippen LogP contribution in [0.5, 0.6) is 0 Å². The number of carbonyl (C=O) groups is 1. The number of hydrogen-bond acceptors (Lipinski definition) is 6. The minimum Gasteiger partial charge on any atom is -0.456 e. The maximum absolute atomic E-state index is 14.5. The van der Waals surface area contributed by atoms with E-state index in [-0.39, 0.29) is 17.5 Å². The van der Waals surface area contributed by atoms with Gasteiger partial charge in [-0.05, 0) is 52.2 Å². The van der Waals surface area contributed by atoms with Gasteiger partial charge >= 0.3 is 5.97 Å². The molecule has 1 aliphatic heterocycles. The fraction of sp³-hybridized carbons (Fsp3) is 0.450. The quantitative estimate of drug-likeness (QED) is 0.816. The van der Waals surface area contributed by atoms with Crippen LogP contribution in [0.2, 0.25) is 0 Å². The number of hydrogen-bond donors (Lipinski definition) is 1. The highest BCUT2D eigenvalue weighted by Crippen LogP contribution is 2.30. The third-order valence-electron chi connectivity index (χ3n) is 4.19. The third kappa shape index (κ3) is 4.60. The van der Waals surface area contributed by atoms with Crippen LogP contribution in [0.25, 0.3) is 11.3 Å². The predicted octanol–water partition coefficient (Wildman–Crippen LogP) is 4.06. The Morgan fingerprint density at radius 1 is 1.33 bits per heavy atom. The summed E-state index contributed by atoms with van der Waals surface area (Å²) < 4.78 is 25.4. The van der Waals surface area contributed by atoms with Gasteiger partial charge in [0.05, 0.1) is 17.5 Å². The second-order valence-corrected chi connectivity index (χ2v) is 7.58. The van der Waals surface area contributed by atoms with Gasteiger partial charge in [-0.15, -0.1) is 0 Å². The zero-order valence-corrected chi connectivity index (χ0v) is 15.8. The van der Waals surface area contributed by atoms with E-state index in [0.29, 0.717) is 23.6 Å². The van der Waals surface area contributed by atoms with Crippen molar-refractivity contribution in [3.05, 3.63) is 41.5 Å². The van der Waals surface area contributed by atoms with E-state index in [9.17, 15) is 9.18 Å². The lowest BCUT2D eigenvalue weighted by Crippen LogP contribution is -2.24. The lowest BCUT2D eigenvalue weighted by atomic mass is 10.1. The first-order valence-electron chi connectivity index (χ1n) is 9.02. The fourth-order valence-corrected chi connectivity index (χ4v) is 2.93. The SMILES string of the molecule is CC(C)(C)OC(=O)c1ccc(-c2ncc(C3CCCCO3)nc2N)cc1F. The van der Waals surface area contributed by atoms with E-state index < -0.39 is 17.4 Å². The van der Waals surface area contributed by atoms with E-state index in [2.05, 4.69) is 9.97 Å². The molecule has 1 unspecified atom stereocenters. The molecule has 2 N–H and O–H groups in total. The molecule has 144 valence electrons. The van der Waals surface area contributed by atoms with Crippen molar-refractivity contribution in [2.24, 2.45) is 0 Å². The van der Waals surface area contributed by atoms with Crippen LogP contribution in [0.1, 0.15) is 62.2 Å². The molecule has 1 saturated heterocycles. The molecule has 2 heterocycles. The summed E-state index contributed by atoms with van der Waals surface area (Å²) in [5.41, 5.74) is 6.71. The lowest BCUT2D eigenvalue weighted by Gasteiger charge is -2.22. The van der Waals surface area contributed by atoms with Crippen LogP contribution in [0.15, 0.2) is 24.4 Å². The van der Waals surface area contributed by atoms with E-state index >= 15 is 0 Å². The molecule has 3 rings (SSSR count). The highest BCUT2D eigenvalue weighted by atomic mass is 19.1. The van der Waals surface area contributed by atoms with Gasteiger partial charge in [-0.3, -0.25) is 4.98 Å². The Morgan fingerprint density at radius 3 is 2.70 bits per heavy atom. The molecule has 0 radical (unpaired) electrons. The smallest absolute Gasteiger partial charge is 0.341 e. The molecule has 6 nitrogen and oxygen atoms in total.